The molecule has 0 saturated carbocycles. The number of hydrogen-bond donors (Lipinski definition) is 0. The molecule has 1 unspecified atom stereocenters. The molecule has 1 atom stereocenters. The van der Waals surface area contributed by atoms with Crippen LogP contribution < -0.4 is 20.7 Å². The minimum atomic E-state index is -1.97. The van der Waals surface area contributed by atoms with Crippen LogP contribution in [0.3, 0.4) is 0 Å². The van der Waals surface area contributed by atoms with Crippen molar-refractivity contribution < 1.29 is 0 Å². The van der Waals surface area contributed by atoms with Crippen molar-refractivity contribution in [3.63, 3.8) is 0 Å². The first-order chi connectivity index (χ1) is 37.8. The minimum Gasteiger partial charge on any atom is -0.0623 e. The van der Waals surface area contributed by atoms with E-state index < -0.39 is 21.6 Å². The summed E-state index contributed by atoms with van der Waals surface area (Å²) in [7, 11) is -3.93. The van der Waals surface area contributed by atoms with Crippen molar-refractivity contribution in [2.24, 2.45) is 0 Å². The Bertz CT molecular complexity index is 4650. The first-order valence-corrected chi connectivity index (χ1v) is 33.5. The Kier molecular flexibility index (Phi) is 8.63. The molecule has 0 N–H and O–H groups in total. The Morgan fingerprint density at radius 2 is 0.571 bits per heavy atom. The zero-order valence-electron chi connectivity index (χ0n) is 43.6. The molecule has 1 spiro atoms. The van der Waals surface area contributed by atoms with Crippen LogP contribution in [0.5, 0.6) is 0 Å². The van der Waals surface area contributed by atoms with Crippen LogP contribution in [0.1, 0.15) is 22.3 Å². The summed E-state index contributed by atoms with van der Waals surface area (Å²) < 4.78 is 0. The third kappa shape index (κ3) is 5.37. The van der Waals surface area contributed by atoms with Crippen molar-refractivity contribution in [3.8, 4) is 77.9 Å². The topological polar surface area (TPSA) is 0 Å². The molecule has 2 heterocycles. The number of hydrogen-bond acceptors (Lipinski definition) is 0. The summed E-state index contributed by atoms with van der Waals surface area (Å²) in [6, 6.07) is 94.2. The van der Waals surface area contributed by atoms with Gasteiger partial charge in [-0.2, -0.15) is 0 Å². The van der Waals surface area contributed by atoms with Crippen LogP contribution in [0, 0.1) is 0 Å². The molecular formula is C75H52Si2. The summed E-state index contributed by atoms with van der Waals surface area (Å²) in [6.45, 7) is 10.2. The molecule has 77 heavy (non-hydrogen) atoms. The molecule has 360 valence electrons. The molecule has 0 nitrogen and oxygen atoms in total. The molecular weight excluding hydrogens is 957 g/mol. The predicted octanol–water partition coefficient (Wildman–Crippen LogP) is 17.2. The van der Waals surface area contributed by atoms with Crippen molar-refractivity contribution in [2.75, 3.05) is 0 Å². The maximum atomic E-state index is 2.59. The third-order valence-electron chi connectivity index (χ3n) is 19.1. The fourth-order valence-electron chi connectivity index (χ4n) is 16.0. The summed E-state index contributed by atoms with van der Waals surface area (Å²) >= 11 is 0. The van der Waals surface area contributed by atoms with Crippen molar-refractivity contribution in [1.82, 2.24) is 0 Å². The lowest BCUT2D eigenvalue weighted by atomic mass is 9.69. The standard InChI is InChI=1S/C75H52Si2/c1-76(2)65-40-15-11-28-57(65)71-49(34-20-42-67(71)76)47-30-17-32-52-60(47)44-61-48(50-35-21-43-68-72(50)58-29-12-16-41-66(58)77(68,3)4)31-18-33-53(61)69(52)59-36-19-39-64-70(59)55-26-9-13-37-62(55)75(64)63-38-14-10-27-56(63)73-51-24-7-5-22-45(51)46-23-6-8-25-54(46)74(73)75/h5-44H,1-4H3. The Labute approximate surface area is 451 Å². The van der Waals surface area contributed by atoms with Crippen LogP contribution in [0.2, 0.25) is 26.2 Å². The quantitative estimate of drug-likeness (QED) is 0.0940. The number of benzene rings is 13. The number of rotatable bonds is 3. The van der Waals surface area contributed by atoms with Crippen molar-refractivity contribution in [3.05, 3.63) is 265 Å². The SMILES string of the molecule is C[Si]1(C)c2ccccc2-c2c(-c3cccc4c(-c5cccc6c5-c5ccccc5C65c6ccccc6-c6c5c5ccccc5c5ccccc65)c5cccc(-c6cccc7c6-c6ccccc6[Si]7(C)C)c5cc34)cccc21. The molecule has 2 aliphatic carbocycles. The molecule has 13 aromatic rings. The van der Waals surface area contributed by atoms with E-state index in [4.69, 9.17) is 0 Å². The van der Waals surface area contributed by atoms with Gasteiger partial charge in [0.15, 0.2) is 0 Å². The van der Waals surface area contributed by atoms with E-state index in [0.717, 1.165) is 0 Å². The fraction of sp³-hybridized carbons (Fsp3) is 0.0667. The second-order valence-corrected chi connectivity index (χ2v) is 31.9. The van der Waals surface area contributed by atoms with Crippen molar-refractivity contribution in [1.29, 1.82) is 0 Å². The summed E-state index contributed by atoms with van der Waals surface area (Å²) in [6.07, 6.45) is 0. The van der Waals surface area contributed by atoms with E-state index in [9.17, 15) is 0 Å². The monoisotopic (exact) mass is 1010 g/mol. The minimum absolute atomic E-state index is 0.558. The van der Waals surface area contributed by atoms with Gasteiger partial charge in [0, 0.05) is 0 Å². The molecule has 17 rings (SSSR count). The van der Waals surface area contributed by atoms with E-state index >= 15 is 0 Å². The fourth-order valence-corrected chi connectivity index (χ4v) is 22.1. The molecule has 0 radical (unpaired) electrons. The smallest absolute Gasteiger partial charge is 0.0623 e. The van der Waals surface area contributed by atoms with Crippen molar-refractivity contribution in [2.45, 2.75) is 31.6 Å². The van der Waals surface area contributed by atoms with Crippen LogP contribution in [-0.4, -0.2) is 16.1 Å². The molecule has 2 heteroatoms. The van der Waals surface area contributed by atoms with Gasteiger partial charge in [0.05, 0.1) is 5.41 Å². The Balaban J connectivity index is 1.03. The number of fused-ring (bicyclic) bond motifs is 23. The average Bonchev–Trinajstić information content (AvgIpc) is 4.12. The third-order valence-corrected chi connectivity index (χ3v) is 26.2. The van der Waals surface area contributed by atoms with Gasteiger partial charge in [-0.05, 0) is 170 Å². The van der Waals surface area contributed by atoms with E-state index in [1.165, 1.54) is 164 Å². The molecule has 0 bridgehead atoms. The van der Waals surface area contributed by atoms with Crippen LogP contribution in [0.15, 0.2) is 243 Å². The second kappa shape index (κ2) is 15.3. The van der Waals surface area contributed by atoms with E-state index in [0.29, 0.717) is 0 Å². The zero-order chi connectivity index (χ0) is 51.1. The molecule has 0 aromatic heterocycles. The highest BCUT2D eigenvalue weighted by atomic mass is 28.3. The second-order valence-electron chi connectivity index (χ2n) is 23.3. The van der Waals surface area contributed by atoms with Crippen LogP contribution >= 0.6 is 0 Å². The molecule has 13 aromatic carbocycles. The highest BCUT2D eigenvalue weighted by molar-refractivity contribution is 7.04. The van der Waals surface area contributed by atoms with Crippen molar-refractivity contribution >= 4 is 80.0 Å². The molecule has 0 fully saturated rings. The first kappa shape index (κ1) is 43.6. The van der Waals surface area contributed by atoms with Gasteiger partial charge in [-0.25, -0.2) is 0 Å². The molecule has 0 amide bonds. The normalized spacial score (nSPS) is 16.3. The molecule has 2 aliphatic heterocycles. The Morgan fingerprint density at radius 3 is 1.14 bits per heavy atom. The molecule has 4 aliphatic rings. The van der Waals surface area contributed by atoms with Gasteiger partial charge in [-0.15, -0.1) is 0 Å². The molecule has 0 saturated heterocycles. The van der Waals surface area contributed by atoms with Crippen LogP contribution in [0.25, 0.3) is 121 Å². The van der Waals surface area contributed by atoms with Gasteiger partial charge in [0.2, 0.25) is 0 Å². The van der Waals surface area contributed by atoms with Gasteiger partial charge >= 0.3 is 0 Å². The Hall–Kier alpha value is -8.67. The lowest BCUT2D eigenvalue weighted by Crippen LogP contribution is -2.49. The summed E-state index contributed by atoms with van der Waals surface area (Å²) in [5, 5.41) is 16.5. The van der Waals surface area contributed by atoms with E-state index in [1.54, 1.807) is 0 Å². The van der Waals surface area contributed by atoms with Gasteiger partial charge < -0.3 is 0 Å². The lowest BCUT2D eigenvalue weighted by Gasteiger charge is -2.32. The highest BCUT2D eigenvalue weighted by Gasteiger charge is 2.54. The van der Waals surface area contributed by atoms with E-state index in [2.05, 4.69) is 269 Å². The Morgan fingerprint density at radius 1 is 0.221 bits per heavy atom. The largest absolute Gasteiger partial charge is 0.113 e. The summed E-state index contributed by atoms with van der Waals surface area (Å²) in [5.41, 5.74) is 23.7. The van der Waals surface area contributed by atoms with Gasteiger partial charge in [-0.1, -0.05) is 263 Å². The van der Waals surface area contributed by atoms with Crippen LogP contribution in [-0.2, 0) is 5.41 Å². The van der Waals surface area contributed by atoms with Gasteiger partial charge in [-0.3, -0.25) is 0 Å². The van der Waals surface area contributed by atoms with E-state index in [-0.39, 0.29) is 0 Å². The summed E-state index contributed by atoms with van der Waals surface area (Å²) in [5.74, 6) is 0. The van der Waals surface area contributed by atoms with Crippen LogP contribution in [0.4, 0.5) is 0 Å². The zero-order valence-corrected chi connectivity index (χ0v) is 45.6. The first-order valence-electron chi connectivity index (χ1n) is 27.5. The average molecular weight is 1010 g/mol. The maximum Gasteiger partial charge on any atom is 0.113 e. The predicted molar refractivity (Wildman–Crippen MR) is 333 cm³/mol. The van der Waals surface area contributed by atoms with E-state index in [1.807, 2.05) is 0 Å². The highest BCUT2D eigenvalue weighted by Crippen LogP contribution is 2.67. The van der Waals surface area contributed by atoms with Gasteiger partial charge in [0.1, 0.15) is 16.1 Å². The maximum absolute atomic E-state index is 2.59. The summed E-state index contributed by atoms with van der Waals surface area (Å²) in [4.78, 5) is 0. The lowest BCUT2D eigenvalue weighted by molar-refractivity contribution is 0.802. The van der Waals surface area contributed by atoms with Gasteiger partial charge in [0.25, 0.3) is 0 Å².